The zero-order chi connectivity index (χ0) is 22.0. The molecule has 0 radical (unpaired) electrons. The van der Waals surface area contributed by atoms with Gasteiger partial charge in [-0.05, 0) is 39.8 Å². The molecule has 164 valence electrons. The predicted octanol–water partition coefficient (Wildman–Crippen LogP) is 2.72. The summed E-state index contributed by atoms with van der Waals surface area (Å²) in [5.74, 6) is -0.0886. The molecule has 3 rings (SSSR count). The van der Waals surface area contributed by atoms with Crippen LogP contribution in [0.3, 0.4) is 0 Å². The first-order valence-corrected chi connectivity index (χ1v) is 10.3. The van der Waals surface area contributed by atoms with E-state index in [1.54, 1.807) is 20.1 Å². The van der Waals surface area contributed by atoms with Crippen LogP contribution < -0.4 is 10.1 Å². The topological polar surface area (TPSA) is 82.0 Å². The maximum Gasteiger partial charge on any atom is 0.340 e. The van der Waals surface area contributed by atoms with Crippen LogP contribution in [0.2, 0.25) is 0 Å². The number of methoxy groups -OCH3 is 1. The Labute approximate surface area is 177 Å². The first-order valence-electron chi connectivity index (χ1n) is 10.3. The molecule has 30 heavy (non-hydrogen) atoms. The van der Waals surface area contributed by atoms with E-state index in [9.17, 15) is 9.59 Å². The Bertz CT molecular complexity index is 942. The van der Waals surface area contributed by atoms with Crippen LogP contribution in [0.5, 0.6) is 5.75 Å². The van der Waals surface area contributed by atoms with Crippen molar-refractivity contribution >= 4 is 28.5 Å². The standard InChI is InChI=1S/C22H31N3O5/c1-7-29-22(27)19-15(4)24(5)16-8-9-17(28-6)21(20(16)19)23-18(26)12-25-10-13(2)30-14(3)11-25/h8-9,13-14H,7,10-12H2,1-6H3,(H,23,26)/t13-,14+. The highest BCUT2D eigenvalue weighted by Gasteiger charge is 2.27. The Hall–Kier alpha value is -2.58. The average molecular weight is 418 g/mol. The first-order chi connectivity index (χ1) is 14.3. The molecule has 8 heteroatoms. The van der Waals surface area contributed by atoms with Gasteiger partial charge in [0, 0.05) is 31.2 Å². The van der Waals surface area contributed by atoms with Gasteiger partial charge >= 0.3 is 5.97 Å². The van der Waals surface area contributed by atoms with E-state index in [2.05, 4.69) is 10.2 Å². The Kier molecular flexibility index (Phi) is 6.67. The maximum atomic E-state index is 12.9. The number of morpholine rings is 1. The van der Waals surface area contributed by atoms with Gasteiger partial charge < -0.3 is 24.1 Å². The second-order valence-corrected chi connectivity index (χ2v) is 7.78. The smallest absolute Gasteiger partial charge is 0.340 e. The van der Waals surface area contributed by atoms with Gasteiger partial charge in [-0.1, -0.05) is 0 Å². The molecule has 8 nitrogen and oxygen atoms in total. The molecule has 0 unspecified atom stereocenters. The molecule has 2 aromatic rings. The van der Waals surface area contributed by atoms with Crippen LogP contribution in [0.4, 0.5) is 5.69 Å². The number of fused-ring (bicyclic) bond motifs is 1. The van der Waals surface area contributed by atoms with E-state index >= 15 is 0 Å². The number of benzene rings is 1. The predicted molar refractivity (Wildman–Crippen MR) is 115 cm³/mol. The number of nitrogens with one attached hydrogen (secondary N) is 1. The number of nitrogens with zero attached hydrogens (tertiary/aromatic N) is 2. The number of aromatic nitrogens is 1. The van der Waals surface area contributed by atoms with Crippen LogP contribution in [-0.2, 0) is 21.3 Å². The van der Waals surface area contributed by atoms with Crippen LogP contribution in [-0.4, -0.2) is 66.9 Å². The van der Waals surface area contributed by atoms with Gasteiger partial charge in [0.2, 0.25) is 5.91 Å². The third-order valence-corrected chi connectivity index (χ3v) is 5.45. The summed E-state index contributed by atoms with van der Waals surface area (Å²) < 4.78 is 18.5. The number of aryl methyl sites for hydroxylation is 1. The number of ether oxygens (including phenoxy) is 3. The van der Waals surface area contributed by atoms with Crippen molar-refractivity contribution in [1.82, 2.24) is 9.47 Å². The molecule has 0 aliphatic carbocycles. The van der Waals surface area contributed by atoms with E-state index in [0.717, 1.165) is 11.2 Å². The first kappa shape index (κ1) is 22.1. The van der Waals surface area contributed by atoms with Gasteiger partial charge in [0.05, 0.1) is 49.2 Å². The van der Waals surface area contributed by atoms with Gasteiger partial charge in [0.25, 0.3) is 0 Å². The van der Waals surface area contributed by atoms with Crippen LogP contribution in [0.25, 0.3) is 10.9 Å². The summed E-state index contributed by atoms with van der Waals surface area (Å²) in [6.45, 7) is 9.53. The van der Waals surface area contributed by atoms with Gasteiger partial charge in [-0.15, -0.1) is 0 Å². The van der Waals surface area contributed by atoms with Crippen LogP contribution in [0.15, 0.2) is 12.1 Å². The SMILES string of the molecule is CCOC(=O)c1c(C)n(C)c2ccc(OC)c(NC(=O)CN3C[C@@H](C)O[C@@H](C)C3)c12. The third kappa shape index (κ3) is 4.29. The highest BCUT2D eigenvalue weighted by Crippen LogP contribution is 2.38. The van der Waals surface area contributed by atoms with Crippen LogP contribution in [0, 0.1) is 6.92 Å². The minimum absolute atomic E-state index is 0.0757. The Morgan fingerprint density at radius 3 is 2.50 bits per heavy atom. The van der Waals surface area contributed by atoms with E-state index in [4.69, 9.17) is 14.2 Å². The Balaban J connectivity index is 1.98. The fourth-order valence-corrected chi connectivity index (χ4v) is 4.18. The number of hydrogen-bond donors (Lipinski definition) is 1. The molecule has 1 aliphatic rings. The molecular weight excluding hydrogens is 386 g/mol. The molecule has 0 saturated carbocycles. The van der Waals surface area contributed by atoms with Gasteiger partial charge in [-0.2, -0.15) is 0 Å². The lowest BCUT2D eigenvalue weighted by Gasteiger charge is -2.34. The highest BCUT2D eigenvalue weighted by atomic mass is 16.5. The quantitative estimate of drug-likeness (QED) is 0.728. The lowest BCUT2D eigenvalue weighted by Crippen LogP contribution is -2.48. The number of amides is 1. The average Bonchev–Trinajstić information content (AvgIpc) is 2.92. The fourth-order valence-electron chi connectivity index (χ4n) is 4.18. The monoisotopic (exact) mass is 417 g/mol. The highest BCUT2D eigenvalue weighted by molar-refractivity contribution is 6.14. The molecule has 2 heterocycles. The molecule has 0 bridgehead atoms. The van der Waals surface area contributed by atoms with Crippen molar-refractivity contribution in [3.05, 3.63) is 23.4 Å². The molecule has 1 aromatic carbocycles. The lowest BCUT2D eigenvalue weighted by molar-refractivity contribution is -0.121. The number of esters is 1. The molecule has 1 N–H and O–H groups in total. The number of hydrogen-bond acceptors (Lipinski definition) is 6. The minimum atomic E-state index is -0.416. The number of carbonyl (C=O) groups excluding carboxylic acids is 2. The van der Waals surface area contributed by atoms with Crippen molar-refractivity contribution in [2.24, 2.45) is 7.05 Å². The summed E-state index contributed by atoms with van der Waals surface area (Å²) in [5, 5.41) is 3.62. The molecule has 1 aliphatic heterocycles. The van der Waals surface area contributed by atoms with Crippen molar-refractivity contribution in [1.29, 1.82) is 0 Å². The number of carbonyl (C=O) groups is 2. The second kappa shape index (κ2) is 9.06. The van der Waals surface area contributed by atoms with Crippen molar-refractivity contribution < 1.29 is 23.8 Å². The lowest BCUT2D eigenvalue weighted by atomic mass is 10.1. The molecule has 0 spiro atoms. The third-order valence-electron chi connectivity index (χ3n) is 5.45. The van der Waals surface area contributed by atoms with Crippen LogP contribution in [0.1, 0.15) is 36.8 Å². The maximum absolute atomic E-state index is 12.9. The zero-order valence-corrected chi connectivity index (χ0v) is 18.6. The van der Waals surface area contributed by atoms with Gasteiger partial charge in [0.15, 0.2) is 0 Å². The zero-order valence-electron chi connectivity index (χ0n) is 18.6. The molecule has 1 amide bonds. The summed E-state index contributed by atoms with van der Waals surface area (Å²) in [5.41, 5.74) is 2.52. The molecule has 1 fully saturated rings. The molecule has 2 atom stereocenters. The number of rotatable bonds is 6. The van der Waals surface area contributed by atoms with Crippen molar-refractivity contribution in [2.45, 2.75) is 39.9 Å². The Morgan fingerprint density at radius 1 is 1.23 bits per heavy atom. The normalized spacial score (nSPS) is 19.7. The van der Waals surface area contributed by atoms with Gasteiger partial charge in [-0.3, -0.25) is 9.69 Å². The van der Waals surface area contributed by atoms with Crippen molar-refractivity contribution in [2.75, 3.05) is 38.7 Å². The van der Waals surface area contributed by atoms with E-state index in [0.29, 0.717) is 35.5 Å². The number of anilines is 1. The summed E-state index contributed by atoms with van der Waals surface area (Å²) in [6.07, 6.45) is 0.151. The molecule has 1 aromatic heterocycles. The summed E-state index contributed by atoms with van der Waals surface area (Å²) in [4.78, 5) is 27.7. The van der Waals surface area contributed by atoms with E-state index in [1.165, 1.54) is 0 Å². The molecule has 1 saturated heterocycles. The summed E-state index contributed by atoms with van der Waals surface area (Å²) >= 11 is 0. The van der Waals surface area contributed by atoms with Gasteiger partial charge in [0.1, 0.15) is 5.75 Å². The van der Waals surface area contributed by atoms with Gasteiger partial charge in [-0.25, -0.2) is 4.79 Å². The van der Waals surface area contributed by atoms with Crippen molar-refractivity contribution in [3.63, 3.8) is 0 Å². The van der Waals surface area contributed by atoms with Crippen molar-refractivity contribution in [3.8, 4) is 5.75 Å². The second-order valence-electron chi connectivity index (χ2n) is 7.78. The summed E-state index contributed by atoms with van der Waals surface area (Å²) in [6, 6.07) is 3.68. The van der Waals surface area contributed by atoms with E-state index in [1.807, 2.05) is 38.5 Å². The minimum Gasteiger partial charge on any atom is -0.495 e. The van der Waals surface area contributed by atoms with E-state index < -0.39 is 5.97 Å². The largest absolute Gasteiger partial charge is 0.495 e. The Morgan fingerprint density at radius 2 is 1.90 bits per heavy atom. The van der Waals surface area contributed by atoms with E-state index in [-0.39, 0.29) is 31.3 Å². The summed E-state index contributed by atoms with van der Waals surface area (Å²) in [7, 11) is 3.43. The fraction of sp³-hybridized carbons (Fsp3) is 0.545. The molecular formula is C22H31N3O5. The van der Waals surface area contributed by atoms with Crippen LogP contribution >= 0.6 is 0 Å².